The summed E-state index contributed by atoms with van der Waals surface area (Å²) in [6.45, 7) is 1.82. The van der Waals surface area contributed by atoms with Gasteiger partial charge in [-0.3, -0.25) is 14.9 Å². The van der Waals surface area contributed by atoms with Crippen LogP contribution in [-0.4, -0.2) is 54.8 Å². The van der Waals surface area contributed by atoms with Gasteiger partial charge in [0.15, 0.2) is 16.4 Å². The number of carbonyl (C=O) groups is 1. The van der Waals surface area contributed by atoms with Crippen molar-refractivity contribution in [3.63, 3.8) is 0 Å². The molecule has 1 fully saturated rings. The van der Waals surface area contributed by atoms with Crippen LogP contribution in [0.3, 0.4) is 0 Å². The third-order valence-electron chi connectivity index (χ3n) is 3.79. The molecule has 1 saturated heterocycles. The Morgan fingerprint density at radius 3 is 2.71 bits per heavy atom. The number of sulfone groups is 1. The molecule has 24 heavy (non-hydrogen) atoms. The van der Waals surface area contributed by atoms with Gasteiger partial charge in [-0.2, -0.15) is 0 Å². The van der Waals surface area contributed by atoms with E-state index in [0.29, 0.717) is 13.0 Å². The highest BCUT2D eigenvalue weighted by atomic mass is 35.5. The molecule has 0 saturated carbocycles. The van der Waals surface area contributed by atoms with Crippen LogP contribution in [0.2, 0.25) is 5.02 Å². The van der Waals surface area contributed by atoms with Crippen LogP contribution in [0.1, 0.15) is 13.3 Å². The lowest BCUT2D eigenvalue weighted by Gasteiger charge is -2.26. The fraction of sp³-hybridized carbons (Fsp3) is 0.500. The van der Waals surface area contributed by atoms with E-state index in [4.69, 9.17) is 16.3 Å². The Morgan fingerprint density at radius 1 is 1.50 bits per heavy atom. The van der Waals surface area contributed by atoms with Crippen molar-refractivity contribution < 1.29 is 22.9 Å². The number of halogens is 1. The molecule has 1 aromatic carbocycles. The van der Waals surface area contributed by atoms with Crippen LogP contribution in [0, 0.1) is 10.1 Å². The first-order chi connectivity index (χ1) is 11.2. The summed E-state index contributed by atoms with van der Waals surface area (Å²) in [4.78, 5) is 23.8. The second-order valence-corrected chi connectivity index (χ2v) is 8.03. The van der Waals surface area contributed by atoms with E-state index < -0.39 is 14.8 Å². The van der Waals surface area contributed by atoms with E-state index in [1.165, 1.54) is 17.0 Å². The van der Waals surface area contributed by atoms with Gasteiger partial charge in [0, 0.05) is 24.7 Å². The van der Waals surface area contributed by atoms with Crippen LogP contribution in [0.15, 0.2) is 18.2 Å². The van der Waals surface area contributed by atoms with Gasteiger partial charge in [-0.1, -0.05) is 11.6 Å². The number of nitro groups is 1. The van der Waals surface area contributed by atoms with Gasteiger partial charge in [-0.05, 0) is 19.4 Å². The predicted molar refractivity (Wildman–Crippen MR) is 88.0 cm³/mol. The maximum Gasteiger partial charge on any atom is 0.271 e. The standard InChI is InChI=1S/C14H17ClN2O6S/c1-2-16(11-5-6-24(21,22)9-11)14(18)8-23-13-4-3-10(17(19)20)7-12(13)15/h3-4,7,11H,2,5-6,8-9H2,1H3/t11-/m0/s1. The van der Waals surface area contributed by atoms with Crippen molar-refractivity contribution in [2.75, 3.05) is 24.7 Å². The topological polar surface area (TPSA) is 107 Å². The largest absolute Gasteiger partial charge is 0.482 e. The van der Waals surface area contributed by atoms with Crippen LogP contribution in [-0.2, 0) is 14.6 Å². The molecule has 0 unspecified atom stereocenters. The first kappa shape index (κ1) is 18.5. The van der Waals surface area contributed by atoms with Crippen molar-refractivity contribution in [3.8, 4) is 5.75 Å². The average molecular weight is 377 g/mol. The predicted octanol–water partition coefficient (Wildman–Crippen LogP) is 1.66. The Hall–Kier alpha value is -1.87. The smallest absolute Gasteiger partial charge is 0.271 e. The molecule has 0 radical (unpaired) electrons. The molecule has 1 aromatic rings. The number of nitrogens with zero attached hydrogens (tertiary/aromatic N) is 2. The fourth-order valence-electron chi connectivity index (χ4n) is 2.60. The number of amides is 1. The van der Waals surface area contributed by atoms with Gasteiger partial charge < -0.3 is 9.64 Å². The van der Waals surface area contributed by atoms with Crippen LogP contribution in [0.4, 0.5) is 5.69 Å². The van der Waals surface area contributed by atoms with Gasteiger partial charge >= 0.3 is 0 Å². The molecule has 10 heteroatoms. The quantitative estimate of drug-likeness (QED) is 0.552. The normalized spacial score (nSPS) is 19.0. The molecule has 1 atom stereocenters. The Labute approximate surface area is 144 Å². The monoisotopic (exact) mass is 376 g/mol. The van der Waals surface area contributed by atoms with Gasteiger partial charge in [-0.15, -0.1) is 0 Å². The SMILES string of the molecule is CCN(C(=O)COc1ccc([N+](=O)[O-])cc1Cl)[C@H]1CCS(=O)(=O)C1. The molecule has 0 aliphatic carbocycles. The minimum Gasteiger partial charge on any atom is -0.482 e. The van der Waals surface area contributed by atoms with Gasteiger partial charge in [-0.25, -0.2) is 8.42 Å². The molecule has 0 N–H and O–H groups in total. The van der Waals surface area contributed by atoms with E-state index in [9.17, 15) is 23.3 Å². The van der Waals surface area contributed by atoms with Crippen molar-refractivity contribution in [3.05, 3.63) is 33.3 Å². The van der Waals surface area contributed by atoms with E-state index >= 15 is 0 Å². The van der Waals surface area contributed by atoms with E-state index in [-0.39, 0.29) is 46.5 Å². The van der Waals surface area contributed by atoms with E-state index in [0.717, 1.165) is 6.07 Å². The number of non-ortho nitro benzene ring substituents is 1. The van der Waals surface area contributed by atoms with Crippen molar-refractivity contribution in [1.29, 1.82) is 0 Å². The van der Waals surface area contributed by atoms with E-state index in [1.54, 1.807) is 6.92 Å². The van der Waals surface area contributed by atoms with E-state index in [2.05, 4.69) is 0 Å². The summed E-state index contributed by atoms with van der Waals surface area (Å²) in [7, 11) is -3.09. The summed E-state index contributed by atoms with van der Waals surface area (Å²) in [5.74, 6) is -0.152. The number of likely N-dealkylation sites (N-methyl/N-ethyl adjacent to an activating group) is 1. The second kappa shape index (κ2) is 7.35. The highest BCUT2D eigenvalue weighted by Gasteiger charge is 2.34. The Kier molecular flexibility index (Phi) is 5.66. The van der Waals surface area contributed by atoms with Crippen LogP contribution < -0.4 is 4.74 Å². The molecule has 0 aromatic heterocycles. The molecule has 8 nitrogen and oxygen atoms in total. The molecule has 1 heterocycles. The summed E-state index contributed by atoms with van der Waals surface area (Å²) < 4.78 is 28.4. The minimum absolute atomic E-state index is 0.0310. The van der Waals surface area contributed by atoms with Crippen molar-refractivity contribution in [2.45, 2.75) is 19.4 Å². The molecule has 2 rings (SSSR count). The third kappa shape index (κ3) is 4.35. The number of benzene rings is 1. The van der Waals surface area contributed by atoms with E-state index in [1.807, 2.05) is 0 Å². The number of hydrogen-bond donors (Lipinski definition) is 0. The van der Waals surface area contributed by atoms with Gasteiger partial charge in [0.1, 0.15) is 5.75 Å². The highest BCUT2D eigenvalue weighted by molar-refractivity contribution is 7.91. The molecular weight excluding hydrogens is 360 g/mol. The van der Waals surface area contributed by atoms with Crippen molar-refractivity contribution >= 4 is 33.0 Å². The number of rotatable bonds is 6. The molecule has 1 aliphatic heterocycles. The van der Waals surface area contributed by atoms with Crippen LogP contribution in [0.5, 0.6) is 5.75 Å². The lowest BCUT2D eigenvalue weighted by Crippen LogP contribution is -2.43. The fourth-order valence-corrected chi connectivity index (χ4v) is 4.56. The maximum absolute atomic E-state index is 12.3. The number of ether oxygens (including phenoxy) is 1. The summed E-state index contributed by atoms with van der Waals surface area (Å²) in [5, 5.41) is 10.7. The lowest BCUT2D eigenvalue weighted by molar-refractivity contribution is -0.384. The minimum atomic E-state index is -3.09. The first-order valence-electron chi connectivity index (χ1n) is 7.30. The zero-order valence-corrected chi connectivity index (χ0v) is 14.5. The first-order valence-corrected chi connectivity index (χ1v) is 9.50. The molecule has 0 spiro atoms. The summed E-state index contributed by atoms with van der Waals surface area (Å²) in [6.07, 6.45) is 0.417. The highest BCUT2D eigenvalue weighted by Crippen LogP contribution is 2.28. The van der Waals surface area contributed by atoms with Gasteiger partial charge in [0.25, 0.3) is 11.6 Å². The second-order valence-electron chi connectivity index (χ2n) is 5.40. The molecule has 0 bridgehead atoms. The van der Waals surface area contributed by atoms with Crippen molar-refractivity contribution in [2.24, 2.45) is 0 Å². The van der Waals surface area contributed by atoms with Crippen LogP contribution in [0.25, 0.3) is 0 Å². The van der Waals surface area contributed by atoms with Crippen LogP contribution >= 0.6 is 11.6 Å². The number of carbonyl (C=O) groups excluding carboxylic acids is 1. The molecule has 1 aliphatic rings. The molecular formula is C14H17ClN2O6S. The maximum atomic E-state index is 12.3. The molecule has 1 amide bonds. The third-order valence-corrected chi connectivity index (χ3v) is 5.83. The van der Waals surface area contributed by atoms with Gasteiger partial charge in [0.05, 0.1) is 21.5 Å². The summed E-state index contributed by atoms with van der Waals surface area (Å²) in [6, 6.07) is 3.35. The van der Waals surface area contributed by atoms with Gasteiger partial charge in [0.2, 0.25) is 0 Å². The Bertz CT molecular complexity index is 752. The lowest BCUT2D eigenvalue weighted by atomic mass is 10.2. The average Bonchev–Trinajstić information content (AvgIpc) is 2.86. The summed E-state index contributed by atoms with van der Waals surface area (Å²) in [5.41, 5.74) is -0.176. The summed E-state index contributed by atoms with van der Waals surface area (Å²) >= 11 is 5.90. The zero-order chi connectivity index (χ0) is 17.9. The van der Waals surface area contributed by atoms with Crippen molar-refractivity contribution in [1.82, 2.24) is 4.90 Å². The molecule has 132 valence electrons. The Morgan fingerprint density at radius 2 is 2.21 bits per heavy atom. The number of nitro benzene ring substituents is 1. The number of hydrogen-bond acceptors (Lipinski definition) is 6. The zero-order valence-electron chi connectivity index (χ0n) is 13.0. The Balaban J connectivity index is 2.00.